The lowest BCUT2D eigenvalue weighted by Gasteiger charge is -2.20. The van der Waals surface area contributed by atoms with Gasteiger partial charge in [0.05, 0.1) is 6.61 Å². The maximum absolute atomic E-state index is 9.01. The van der Waals surface area contributed by atoms with E-state index < -0.39 is 0 Å². The summed E-state index contributed by atoms with van der Waals surface area (Å²) in [5.74, 6) is 0.819. The monoisotopic (exact) mass is 280 g/mol. The Morgan fingerprint density at radius 2 is 2.00 bits per heavy atom. The van der Waals surface area contributed by atoms with Crippen molar-refractivity contribution in [2.45, 2.75) is 18.9 Å². The van der Waals surface area contributed by atoms with Crippen molar-refractivity contribution in [1.82, 2.24) is 4.90 Å². The van der Waals surface area contributed by atoms with E-state index in [0.29, 0.717) is 17.6 Å². The minimum Gasteiger partial charge on any atom is -0.492 e. The number of aliphatic hydroxyl groups excluding tert-OH is 1. The molecule has 1 saturated carbocycles. The predicted molar refractivity (Wildman–Crippen MR) is 79.5 cm³/mol. The van der Waals surface area contributed by atoms with Crippen molar-refractivity contribution in [3.05, 3.63) is 29.8 Å². The van der Waals surface area contributed by atoms with Crippen LogP contribution in [0.4, 0.5) is 0 Å². The quantitative estimate of drug-likeness (QED) is 0.700. The lowest BCUT2D eigenvalue weighted by molar-refractivity contribution is 0.162. The smallest absolute Gasteiger partial charge is 0.119 e. The number of nitrogens with two attached hydrogens (primary N) is 1. The first-order valence-corrected chi connectivity index (χ1v) is 6.99. The molecule has 1 aliphatic carbocycles. The van der Waals surface area contributed by atoms with Crippen LogP contribution in [0.1, 0.15) is 18.4 Å². The van der Waals surface area contributed by atoms with Crippen LogP contribution in [0.15, 0.2) is 24.3 Å². The first-order valence-electron chi connectivity index (χ1n) is 6.58. The van der Waals surface area contributed by atoms with Crippen molar-refractivity contribution < 1.29 is 9.84 Å². The van der Waals surface area contributed by atoms with Crippen molar-refractivity contribution in [2.75, 3.05) is 26.3 Å². The van der Waals surface area contributed by atoms with E-state index in [2.05, 4.69) is 4.90 Å². The normalized spacial score (nSPS) is 14.6. The molecule has 2 rings (SSSR count). The average Bonchev–Trinajstić information content (AvgIpc) is 3.22. The second-order valence-electron chi connectivity index (χ2n) is 4.73. The third-order valence-corrected chi connectivity index (χ3v) is 3.47. The molecule has 5 heteroatoms. The molecule has 1 aromatic carbocycles. The highest BCUT2D eigenvalue weighted by Crippen LogP contribution is 2.26. The second-order valence-corrected chi connectivity index (χ2v) is 5.17. The van der Waals surface area contributed by atoms with Gasteiger partial charge in [-0.15, -0.1) is 0 Å². The number of nitrogens with zero attached hydrogens (tertiary/aromatic N) is 1. The standard InChI is InChI=1S/C14H20N2O2S/c15-14(19)11-1-5-13(6-2-11)18-10-8-16(7-9-17)12-3-4-12/h1-2,5-6,12,17H,3-4,7-10H2,(H2,15,19). The highest BCUT2D eigenvalue weighted by Gasteiger charge is 2.28. The Bertz CT molecular complexity index is 418. The summed E-state index contributed by atoms with van der Waals surface area (Å²) in [6, 6.07) is 8.13. The first-order chi connectivity index (χ1) is 9.20. The molecule has 0 bridgehead atoms. The lowest BCUT2D eigenvalue weighted by Crippen LogP contribution is -2.33. The molecule has 19 heavy (non-hydrogen) atoms. The molecular formula is C14H20N2O2S. The Morgan fingerprint density at radius 3 is 2.53 bits per heavy atom. The lowest BCUT2D eigenvalue weighted by atomic mass is 10.2. The number of rotatable bonds is 8. The molecule has 0 spiro atoms. The van der Waals surface area contributed by atoms with Crippen LogP contribution in [0.25, 0.3) is 0 Å². The Kier molecular flexibility index (Phi) is 5.13. The second kappa shape index (κ2) is 6.84. The molecule has 1 aromatic rings. The minimum absolute atomic E-state index is 0.207. The molecule has 0 atom stereocenters. The average molecular weight is 280 g/mol. The molecule has 1 aliphatic rings. The highest BCUT2D eigenvalue weighted by atomic mass is 32.1. The minimum atomic E-state index is 0.207. The Morgan fingerprint density at radius 1 is 1.32 bits per heavy atom. The molecule has 4 nitrogen and oxygen atoms in total. The van der Waals surface area contributed by atoms with E-state index in [1.807, 2.05) is 24.3 Å². The zero-order chi connectivity index (χ0) is 13.7. The molecule has 0 radical (unpaired) electrons. The van der Waals surface area contributed by atoms with Gasteiger partial charge in [0.1, 0.15) is 17.3 Å². The van der Waals surface area contributed by atoms with E-state index in [1.165, 1.54) is 12.8 Å². The van der Waals surface area contributed by atoms with Crippen LogP contribution >= 0.6 is 12.2 Å². The van der Waals surface area contributed by atoms with Gasteiger partial charge in [0, 0.05) is 24.7 Å². The summed E-state index contributed by atoms with van der Waals surface area (Å²) in [5.41, 5.74) is 6.39. The van der Waals surface area contributed by atoms with Gasteiger partial charge >= 0.3 is 0 Å². The van der Waals surface area contributed by atoms with Crippen LogP contribution in [0.3, 0.4) is 0 Å². The van der Waals surface area contributed by atoms with Gasteiger partial charge in [0.25, 0.3) is 0 Å². The van der Waals surface area contributed by atoms with Crippen LogP contribution in [-0.4, -0.2) is 47.3 Å². The maximum atomic E-state index is 9.01. The Balaban J connectivity index is 1.76. The van der Waals surface area contributed by atoms with Crippen LogP contribution in [0, 0.1) is 0 Å². The number of hydrogen-bond donors (Lipinski definition) is 2. The van der Waals surface area contributed by atoms with Crippen LogP contribution in [0.2, 0.25) is 0 Å². The fourth-order valence-electron chi connectivity index (χ4n) is 2.04. The number of hydrogen-bond acceptors (Lipinski definition) is 4. The summed E-state index contributed by atoms with van der Waals surface area (Å²) in [7, 11) is 0. The first kappa shape index (κ1) is 14.2. The number of benzene rings is 1. The van der Waals surface area contributed by atoms with Gasteiger partial charge in [-0.2, -0.15) is 0 Å². The number of aliphatic hydroxyl groups is 1. The van der Waals surface area contributed by atoms with E-state index in [-0.39, 0.29) is 6.61 Å². The van der Waals surface area contributed by atoms with E-state index in [4.69, 9.17) is 27.8 Å². The van der Waals surface area contributed by atoms with Gasteiger partial charge in [0.15, 0.2) is 0 Å². The third kappa shape index (κ3) is 4.45. The Labute approximate surface area is 119 Å². The summed E-state index contributed by atoms with van der Waals surface area (Å²) in [4.78, 5) is 2.68. The van der Waals surface area contributed by atoms with Crippen molar-refractivity contribution in [2.24, 2.45) is 5.73 Å². The van der Waals surface area contributed by atoms with E-state index in [0.717, 1.165) is 24.4 Å². The zero-order valence-corrected chi connectivity index (χ0v) is 11.7. The molecule has 0 aliphatic heterocycles. The molecule has 0 unspecified atom stereocenters. The SMILES string of the molecule is NC(=S)c1ccc(OCCN(CCO)C2CC2)cc1. The summed E-state index contributed by atoms with van der Waals surface area (Å²) in [6.07, 6.45) is 2.48. The van der Waals surface area contributed by atoms with Crippen LogP contribution in [0.5, 0.6) is 5.75 Å². The molecule has 0 aromatic heterocycles. The van der Waals surface area contributed by atoms with Gasteiger partial charge in [0.2, 0.25) is 0 Å². The number of thiocarbonyl (C=S) groups is 1. The summed E-state index contributed by atoms with van der Waals surface area (Å²) in [5, 5.41) is 9.01. The summed E-state index contributed by atoms with van der Waals surface area (Å²) >= 11 is 4.90. The third-order valence-electron chi connectivity index (χ3n) is 3.24. The summed E-state index contributed by atoms with van der Waals surface area (Å²) in [6.45, 7) is 2.42. The zero-order valence-electron chi connectivity index (χ0n) is 10.9. The molecule has 0 amide bonds. The van der Waals surface area contributed by atoms with Gasteiger partial charge < -0.3 is 15.6 Å². The van der Waals surface area contributed by atoms with Gasteiger partial charge in [-0.1, -0.05) is 12.2 Å². The van der Waals surface area contributed by atoms with Crippen molar-refractivity contribution in [1.29, 1.82) is 0 Å². The Hall–Kier alpha value is -1.17. The molecule has 3 N–H and O–H groups in total. The van der Waals surface area contributed by atoms with Gasteiger partial charge in [-0.25, -0.2) is 0 Å². The van der Waals surface area contributed by atoms with Crippen molar-refractivity contribution in [3.63, 3.8) is 0 Å². The topological polar surface area (TPSA) is 58.7 Å². The van der Waals surface area contributed by atoms with E-state index in [9.17, 15) is 0 Å². The van der Waals surface area contributed by atoms with Crippen LogP contribution in [-0.2, 0) is 0 Å². The largest absolute Gasteiger partial charge is 0.492 e. The van der Waals surface area contributed by atoms with Crippen molar-refractivity contribution in [3.8, 4) is 5.75 Å². The summed E-state index contributed by atoms with van der Waals surface area (Å²) < 4.78 is 5.69. The highest BCUT2D eigenvalue weighted by molar-refractivity contribution is 7.80. The fourth-order valence-corrected chi connectivity index (χ4v) is 2.18. The van der Waals surface area contributed by atoms with Gasteiger partial charge in [-0.3, -0.25) is 4.90 Å². The fraction of sp³-hybridized carbons (Fsp3) is 0.500. The number of ether oxygens (including phenoxy) is 1. The molecule has 0 heterocycles. The predicted octanol–water partition coefficient (Wildman–Crippen LogP) is 1.16. The van der Waals surface area contributed by atoms with E-state index >= 15 is 0 Å². The molecule has 0 saturated heterocycles. The van der Waals surface area contributed by atoms with E-state index in [1.54, 1.807) is 0 Å². The van der Waals surface area contributed by atoms with Crippen LogP contribution < -0.4 is 10.5 Å². The van der Waals surface area contributed by atoms with Gasteiger partial charge in [-0.05, 0) is 37.1 Å². The molecular weight excluding hydrogens is 260 g/mol. The van der Waals surface area contributed by atoms with Crippen molar-refractivity contribution >= 4 is 17.2 Å². The maximum Gasteiger partial charge on any atom is 0.119 e. The molecule has 104 valence electrons. The molecule has 1 fully saturated rings.